The first-order valence-electron chi connectivity index (χ1n) is 6.11. The lowest BCUT2D eigenvalue weighted by molar-refractivity contribution is -0.168. The van der Waals surface area contributed by atoms with Gasteiger partial charge in [-0.25, -0.2) is 4.79 Å². The normalized spacial score (nSPS) is 13.7. The molecule has 0 spiro atoms. The predicted octanol–water partition coefficient (Wildman–Crippen LogP) is 1.77. The molecule has 19 heavy (non-hydrogen) atoms. The number of carbonyl (C=O) groups is 2. The molecule has 1 N–H and O–H groups in total. The number of alkyl carbamates (subject to hydrolysis) is 1. The van der Waals surface area contributed by atoms with Gasteiger partial charge in [0.2, 0.25) is 6.29 Å². The first-order chi connectivity index (χ1) is 8.82. The van der Waals surface area contributed by atoms with E-state index in [-0.39, 0.29) is 5.92 Å². The summed E-state index contributed by atoms with van der Waals surface area (Å²) < 4.78 is 25.2. The summed E-state index contributed by atoms with van der Waals surface area (Å²) in [5.41, 5.74) is 0. The van der Waals surface area contributed by atoms with Gasteiger partial charge in [0.05, 0.1) is 12.5 Å². The van der Waals surface area contributed by atoms with Crippen LogP contribution < -0.4 is 5.32 Å². The molecule has 0 fully saturated rings. The second-order valence-corrected chi connectivity index (χ2v) is 5.46. The second-order valence-electron chi connectivity index (χ2n) is 4.18. The van der Waals surface area contributed by atoms with Crippen LogP contribution in [0.1, 0.15) is 27.2 Å². The van der Waals surface area contributed by atoms with E-state index in [2.05, 4.69) is 5.32 Å². The van der Waals surface area contributed by atoms with Gasteiger partial charge >= 0.3 is 12.1 Å². The fourth-order valence-corrected chi connectivity index (χ4v) is 1.43. The van der Waals surface area contributed by atoms with E-state index in [1.807, 2.05) is 0 Å². The summed E-state index contributed by atoms with van der Waals surface area (Å²) in [4.78, 5) is 22.5. The van der Waals surface area contributed by atoms with Crippen molar-refractivity contribution >= 4 is 20.1 Å². The molecule has 0 saturated heterocycles. The van der Waals surface area contributed by atoms with Crippen molar-refractivity contribution in [2.45, 2.75) is 33.5 Å². The number of rotatable bonds is 8. The fourth-order valence-electron chi connectivity index (χ4n) is 0.995. The second kappa shape index (κ2) is 9.81. The van der Waals surface area contributed by atoms with Gasteiger partial charge in [-0.2, -0.15) is 0 Å². The molecule has 0 aliphatic heterocycles. The minimum atomic E-state index is -1.93. The van der Waals surface area contributed by atoms with Crippen molar-refractivity contribution in [3.05, 3.63) is 0 Å². The molecule has 0 aromatic heterocycles. The van der Waals surface area contributed by atoms with Crippen LogP contribution in [0.5, 0.6) is 0 Å². The maximum absolute atomic E-state index is 11.3. The van der Waals surface area contributed by atoms with E-state index in [4.69, 9.17) is 14.0 Å². The highest BCUT2D eigenvalue weighted by Gasteiger charge is 2.16. The topological polar surface area (TPSA) is 90.9 Å². The molecule has 0 radical (unpaired) electrons. The Hall–Kier alpha value is -1.07. The Bertz CT molecular complexity index is 320. The van der Waals surface area contributed by atoms with E-state index >= 15 is 0 Å². The monoisotopic (exact) mass is 295 g/mol. The zero-order valence-electron chi connectivity index (χ0n) is 11.7. The maximum Gasteiger partial charge on any atom is 0.410 e. The molecule has 0 aliphatic rings. The fraction of sp³-hybridized carbons (Fsp3) is 0.818. The smallest absolute Gasteiger partial charge is 0.410 e. The highest BCUT2D eigenvalue weighted by molar-refractivity contribution is 7.38. The van der Waals surface area contributed by atoms with Gasteiger partial charge in [-0.3, -0.25) is 9.36 Å². The third kappa shape index (κ3) is 10.5. The number of nitrogens with one attached hydrogen (secondary N) is 1. The Labute approximate surface area is 113 Å². The van der Waals surface area contributed by atoms with E-state index in [0.717, 1.165) is 0 Å². The molecule has 2 atom stereocenters. The van der Waals surface area contributed by atoms with Gasteiger partial charge in [0, 0.05) is 20.1 Å². The first-order valence-corrected chi connectivity index (χ1v) is 7.93. The molecule has 0 rings (SSSR count). The SMILES string of the molecule is CC(OC(=O)NCCCO[PH](C)=O)OC(=O)C(C)C. The quantitative estimate of drug-likeness (QED) is 0.317. The van der Waals surface area contributed by atoms with Crippen LogP contribution in [-0.2, 0) is 23.4 Å². The van der Waals surface area contributed by atoms with Gasteiger partial charge in [-0.15, -0.1) is 0 Å². The van der Waals surface area contributed by atoms with E-state index in [9.17, 15) is 14.2 Å². The Balaban J connectivity index is 3.68. The molecule has 0 aromatic rings. The molecular weight excluding hydrogens is 273 g/mol. The van der Waals surface area contributed by atoms with Crippen LogP contribution in [0.25, 0.3) is 0 Å². The molecule has 0 saturated carbocycles. The summed E-state index contributed by atoms with van der Waals surface area (Å²) in [5.74, 6) is -0.704. The van der Waals surface area contributed by atoms with E-state index in [1.165, 1.54) is 13.6 Å². The van der Waals surface area contributed by atoms with Gasteiger partial charge in [0.25, 0.3) is 0 Å². The van der Waals surface area contributed by atoms with Gasteiger partial charge in [0.1, 0.15) is 0 Å². The summed E-state index contributed by atoms with van der Waals surface area (Å²) in [7, 11) is -1.93. The van der Waals surface area contributed by atoms with E-state index in [0.29, 0.717) is 19.6 Å². The lowest BCUT2D eigenvalue weighted by Gasteiger charge is -2.15. The minimum Gasteiger partial charge on any atom is -0.425 e. The number of hydrogen-bond donors (Lipinski definition) is 1. The molecule has 0 heterocycles. The Kier molecular flexibility index (Phi) is 9.26. The predicted molar refractivity (Wildman–Crippen MR) is 70.4 cm³/mol. The van der Waals surface area contributed by atoms with Gasteiger partial charge in [-0.1, -0.05) is 13.8 Å². The molecule has 0 bridgehead atoms. The zero-order valence-corrected chi connectivity index (χ0v) is 12.7. The molecular formula is C11H22NO6P. The maximum atomic E-state index is 11.3. The van der Waals surface area contributed by atoms with Crippen LogP contribution >= 0.6 is 8.03 Å². The van der Waals surface area contributed by atoms with Crippen LogP contribution in [0.2, 0.25) is 0 Å². The third-order valence-electron chi connectivity index (χ3n) is 1.92. The number of hydrogen-bond acceptors (Lipinski definition) is 6. The average molecular weight is 295 g/mol. The minimum absolute atomic E-state index is 0.275. The van der Waals surface area contributed by atoms with Crippen molar-refractivity contribution < 1.29 is 28.2 Å². The van der Waals surface area contributed by atoms with Gasteiger partial charge in [-0.05, 0) is 6.42 Å². The van der Waals surface area contributed by atoms with Crippen molar-refractivity contribution in [1.29, 1.82) is 0 Å². The molecule has 0 aliphatic carbocycles. The average Bonchev–Trinajstić information content (AvgIpc) is 2.27. The Morgan fingerprint density at radius 1 is 1.21 bits per heavy atom. The summed E-state index contributed by atoms with van der Waals surface area (Å²) >= 11 is 0. The highest BCUT2D eigenvalue weighted by Crippen LogP contribution is 2.14. The molecule has 8 heteroatoms. The van der Waals surface area contributed by atoms with E-state index < -0.39 is 26.4 Å². The summed E-state index contributed by atoms with van der Waals surface area (Å²) in [6.45, 7) is 6.98. The first kappa shape index (κ1) is 17.9. The van der Waals surface area contributed by atoms with E-state index in [1.54, 1.807) is 13.8 Å². The number of amides is 1. The van der Waals surface area contributed by atoms with Crippen LogP contribution in [0.15, 0.2) is 0 Å². The molecule has 1 amide bonds. The van der Waals surface area contributed by atoms with Crippen molar-refractivity contribution in [3.63, 3.8) is 0 Å². The van der Waals surface area contributed by atoms with Crippen molar-refractivity contribution in [1.82, 2.24) is 5.32 Å². The van der Waals surface area contributed by atoms with Crippen LogP contribution in [0, 0.1) is 5.92 Å². The molecule has 0 aromatic carbocycles. The van der Waals surface area contributed by atoms with Crippen LogP contribution in [-0.4, -0.2) is 38.2 Å². The summed E-state index contributed by atoms with van der Waals surface area (Å²) in [6.07, 6.45) is -1.08. The summed E-state index contributed by atoms with van der Waals surface area (Å²) in [5, 5.41) is 2.47. The van der Waals surface area contributed by atoms with Crippen molar-refractivity contribution in [2.75, 3.05) is 19.8 Å². The summed E-state index contributed by atoms with van der Waals surface area (Å²) in [6, 6.07) is 0. The lowest BCUT2D eigenvalue weighted by atomic mass is 10.2. The Morgan fingerprint density at radius 3 is 2.37 bits per heavy atom. The molecule has 7 nitrogen and oxygen atoms in total. The van der Waals surface area contributed by atoms with Gasteiger partial charge < -0.3 is 19.3 Å². The third-order valence-corrected chi connectivity index (χ3v) is 2.53. The largest absolute Gasteiger partial charge is 0.425 e. The lowest BCUT2D eigenvalue weighted by Crippen LogP contribution is -2.31. The Morgan fingerprint density at radius 2 is 1.84 bits per heavy atom. The molecule has 112 valence electrons. The highest BCUT2D eigenvalue weighted by atomic mass is 31.1. The zero-order chi connectivity index (χ0) is 14.8. The molecule has 2 unspecified atom stereocenters. The van der Waals surface area contributed by atoms with Crippen molar-refractivity contribution in [3.8, 4) is 0 Å². The van der Waals surface area contributed by atoms with Crippen molar-refractivity contribution in [2.24, 2.45) is 5.92 Å². The number of carbonyl (C=O) groups excluding carboxylic acids is 2. The van der Waals surface area contributed by atoms with Crippen LogP contribution in [0.3, 0.4) is 0 Å². The number of esters is 1. The van der Waals surface area contributed by atoms with Gasteiger partial charge in [0.15, 0.2) is 8.03 Å². The number of ether oxygens (including phenoxy) is 2. The standard InChI is InChI=1S/C11H22NO6P/c1-8(2)10(13)17-9(3)18-11(14)12-6-5-7-16-19(4)15/h8-9,19H,5-7H2,1-4H3,(H,12,14). The van der Waals surface area contributed by atoms with Crippen LogP contribution in [0.4, 0.5) is 4.79 Å².